The zero-order valence-corrected chi connectivity index (χ0v) is 10.4. The fourth-order valence-electron chi connectivity index (χ4n) is 1.76. The largest absolute Gasteiger partial charge is 0.488 e. The van der Waals surface area contributed by atoms with Crippen LogP contribution >= 0.6 is 0 Å². The van der Waals surface area contributed by atoms with E-state index in [4.69, 9.17) is 4.74 Å². The maximum absolute atomic E-state index is 5.84. The quantitative estimate of drug-likeness (QED) is 0.686. The number of ether oxygens (including phenoxy) is 1. The Morgan fingerprint density at radius 1 is 0.875 bits per heavy atom. The van der Waals surface area contributed by atoms with Crippen LogP contribution < -0.4 is 4.74 Å². The van der Waals surface area contributed by atoms with Crippen LogP contribution in [0.3, 0.4) is 0 Å². The molecular formula is C15H18O. The van der Waals surface area contributed by atoms with Crippen molar-refractivity contribution >= 4 is 10.8 Å². The molecular weight excluding hydrogens is 196 g/mol. The molecule has 0 spiro atoms. The molecule has 0 aliphatic carbocycles. The van der Waals surface area contributed by atoms with Crippen molar-refractivity contribution in [2.45, 2.75) is 33.3 Å². The first-order valence-electron chi connectivity index (χ1n) is 5.63. The first kappa shape index (κ1) is 11.0. The average molecular weight is 214 g/mol. The highest BCUT2D eigenvalue weighted by molar-refractivity contribution is 5.84. The van der Waals surface area contributed by atoms with Crippen molar-refractivity contribution in [3.05, 3.63) is 42.0 Å². The van der Waals surface area contributed by atoms with E-state index in [2.05, 4.69) is 58.0 Å². The Kier molecular flexibility index (Phi) is 2.63. The topological polar surface area (TPSA) is 9.23 Å². The number of fused-ring (bicyclic) bond motifs is 1. The second-order valence-corrected chi connectivity index (χ2v) is 5.23. The standard InChI is InChI=1S/C15H18O/c1-11-5-6-13-10-14(16-15(2,3)4)8-7-12(13)9-11/h5-10H,1-4H3. The molecule has 0 aliphatic heterocycles. The van der Waals surface area contributed by atoms with E-state index >= 15 is 0 Å². The van der Waals surface area contributed by atoms with Crippen LogP contribution in [0.15, 0.2) is 36.4 Å². The van der Waals surface area contributed by atoms with Gasteiger partial charge in [-0.2, -0.15) is 0 Å². The summed E-state index contributed by atoms with van der Waals surface area (Å²) in [6, 6.07) is 12.7. The van der Waals surface area contributed by atoms with Gasteiger partial charge in [0, 0.05) is 0 Å². The molecule has 0 N–H and O–H groups in total. The van der Waals surface area contributed by atoms with Gasteiger partial charge in [-0.3, -0.25) is 0 Å². The Morgan fingerprint density at radius 3 is 2.19 bits per heavy atom. The second kappa shape index (κ2) is 3.82. The lowest BCUT2D eigenvalue weighted by Crippen LogP contribution is -2.22. The third-order valence-corrected chi connectivity index (χ3v) is 2.39. The van der Waals surface area contributed by atoms with Gasteiger partial charge in [0.1, 0.15) is 11.4 Å². The van der Waals surface area contributed by atoms with E-state index in [9.17, 15) is 0 Å². The fraction of sp³-hybridized carbons (Fsp3) is 0.333. The number of hydrogen-bond donors (Lipinski definition) is 0. The number of hydrogen-bond acceptors (Lipinski definition) is 1. The second-order valence-electron chi connectivity index (χ2n) is 5.23. The summed E-state index contributed by atoms with van der Waals surface area (Å²) in [4.78, 5) is 0. The van der Waals surface area contributed by atoms with Crippen molar-refractivity contribution < 1.29 is 4.74 Å². The van der Waals surface area contributed by atoms with Gasteiger partial charge in [-0.05, 0) is 50.6 Å². The Morgan fingerprint density at radius 2 is 1.50 bits per heavy atom. The number of benzene rings is 2. The molecule has 2 rings (SSSR count). The van der Waals surface area contributed by atoms with E-state index in [1.165, 1.54) is 16.3 Å². The lowest BCUT2D eigenvalue weighted by atomic mass is 10.1. The SMILES string of the molecule is Cc1ccc2cc(OC(C)(C)C)ccc2c1. The van der Waals surface area contributed by atoms with Gasteiger partial charge >= 0.3 is 0 Å². The molecule has 0 radical (unpaired) electrons. The Bertz CT molecular complexity index is 506. The Hall–Kier alpha value is -1.50. The first-order chi connectivity index (χ1) is 7.44. The third-order valence-electron chi connectivity index (χ3n) is 2.39. The van der Waals surface area contributed by atoms with Crippen LogP contribution in [-0.2, 0) is 0 Å². The smallest absolute Gasteiger partial charge is 0.120 e. The molecule has 0 unspecified atom stereocenters. The van der Waals surface area contributed by atoms with Crippen LogP contribution in [0.1, 0.15) is 26.3 Å². The third kappa shape index (κ3) is 2.54. The minimum absolute atomic E-state index is 0.141. The summed E-state index contributed by atoms with van der Waals surface area (Å²) in [6.45, 7) is 8.30. The summed E-state index contributed by atoms with van der Waals surface area (Å²) in [7, 11) is 0. The fourth-order valence-corrected chi connectivity index (χ4v) is 1.76. The molecule has 84 valence electrons. The zero-order chi connectivity index (χ0) is 11.8. The van der Waals surface area contributed by atoms with Gasteiger partial charge in [0.15, 0.2) is 0 Å². The molecule has 0 heterocycles. The van der Waals surface area contributed by atoms with Crippen LogP contribution in [0.2, 0.25) is 0 Å². The van der Waals surface area contributed by atoms with Crippen LogP contribution in [0.25, 0.3) is 10.8 Å². The van der Waals surface area contributed by atoms with Crippen molar-refractivity contribution in [2.75, 3.05) is 0 Å². The predicted molar refractivity (Wildman–Crippen MR) is 69.1 cm³/mol. The van der Waals surface area contributed by atoms with Gasteiger partial charge in [0.05, 0.1) is 0 Å². The normalized spacial score (nSPS) is 11.8. The summed E-state index contributed by atoms with van der Waals surface area (Å²) in [5.74, 6) is 0.934. The van der Waals surface area contributed by atoms with Crippen molar-refractivity contribution in [3.8, 4) is 5.75 Å². The summed E-state index contributed by atoms with van der Waals surface area (Å²) >= 11 is 0. The highest BCUT2D eigenvalue weighted by Crippen LogP contribution is 2.24. The first-order valence-corrected chi connectivity index (χ1v) is 5.63. The van der Waals surface area contributed by atoms with Crippen molar-refractivity contribution in [1.82, 2.24) is 0 Å². The molecule has 16 heavy (non-hydrogen) atoms. The molecule has 0 atom stereocenters. The number of aryl methyl sites for hydroxylation is 1. The average Bonchev–Trinajstić information content (AvgIpc) is 2.16. The van der Waals surface area contributed by atoms with E-state index in [0.717, 1.165) is 5.75 Å². The van der Waals surface area contributed by atoms with E-state index in [1.807, 2.05) is 6.07 Å². The molecule has 0 saturated heterocycles. The van der Waals surface area contributed by atoms with Crippen molar-refractivity contribution in [1.29, 1.82) is 0 Å². The monoisotopic (exact) mass is 214 g/mol. The van der Waals surface area contributed by atoms with Gasteiger partial charge in [0.2, 0.25) is 0 Å². The molecule has 1 nitrogen and oxygen atoms in total. The van der Waals surface area contributed by atoms with Crippen LogP contribution in [0.4, 0.5) is 0 Å². The summed E-state index contributed by atoms with van der Waals surface area (Å²) < 4.78 is 5.84. The Labute approximate surface area is 97.1 Å². The van der Waals surface area contributed by atoms with E-state index in [0.29, 0.717) is 0 Å². The van der Waals surface area contributed by atoms with Crippen molar-refractivity contribution in [3.63, 3.8) is 0 Å². The molecule has 0 bridgehead atoms. The lowest BCUT2D eigenvalue weighted by molar-refractivity contribution is 0.131. The van der Waals surface area contributed by atoms with Crippen molar-refractivity contribution in [2.24, 2.45) is 0 Å². The molecule has 0 saturated carbocycles. The summed E-state index contributed by atoms with van der Waals surface area (Å²) in [6.07, 6.45) is 0. The molecule has 0 aromatic heterocycles. The van der Waals surface area contributed by atoms with Crippen LogP contribution in [0, 0.1) is 6.92 Å². The summed E-state index contributed by atoms with van der Waals surface area (Å²) in [5.41, 5.74) is 1.15. The maximum Gasteiger partial charge on any atom is 0.120 e. The van der Waals surface area contributed by atoms with E-state index in [1.54, 1.807) is 0 Å². The molecule has 1 heteroatoms. The Balaban J connectivity index is 2.41. The van der Waals surface area contributed by atoms with Gasteiger partial charge in [-0.15, -0.1) is 0 Å². The molecule has 2 aromatic rings. The molecule has 0 fully saturated rings. The molecule has 2 aromatic carbocycles. The van der Waals surface area contributed by atoms with Crippen LogP contribution in [-0.4, -0.2) is 5.60 Å². The minimum Gasteiger partial charge on any atom is -0.488 e. The van der Waals surface area contributed by atoms with E-state index < -0.39 is 0 Å². The van der Waals surface area contributed by atoms with Gasteiger partial charge in [-0.25, -0.2) is 0 Å². The van der Waals surface area contributed by atoms with Crippen LogP contribution in [0.5, 0.6) is 5.75 Å². The summed E-state index contributed by atoms with van der Waals surface area (Å²) in [5, 5.41) is 2.49. The van der Waals surface area contributed by atoms with Gasteiger partial charge in [-0.1, -0.05) is 29.8 Å². The van der Waals surface area contributed by atoms with Gasteiger partial charge in [0.25, 0.3) is 0 Å². The van der Waals surface area contributed by atoms with Gasteiger partial charge < -0.3 is 4.74 Å². The van der Waals surface area contributed by atoms with E-state index in [-0.39, 0.29) is 5.60 Å². The predicted octanol–water partition coefficient (Wildman–Crippen LogP) is 4.33. The maximum atomic E-state index is 5.84. The highest BCUT2D eigenvalue weighted by atomic mass is 16.5. The highest BCUT2D eigenvalue weighted by Gasteiger charge is 2.11. The molecule has 0 amide bonds. The lowest BCUT2D eigenvalue weighted by Gasteiger charge is -2.21. The number of rotatable bonds is 1. The molecule has 0 aliphatic rings. The minimum atomic E-state index is -0.141. The zero-order valence-electron chi connectivity index (χ0n) is 10.4.